The normalized spacial score (nSPS) is 23.5. The number of nitrogens with one attached hydrogen (secondary N) is 1. The van der Waals surface area contributed by atoms with Crippen molar-refractivity contribution >= 4 is 35.1 Å². The van der Waals surface area contributed by atoms with E-state index in [0.29, 0.717) is 10.0 Å². The van der Waals surface area contributed by atoms with Crippen LogP contribution in [-0.4, -0.2) is 47.2 Å². The summed E-state index contributed by atoms with van der Waals surface area (Å²) in [6.45, 7) is 2.32. The van der Waals surface area contributed by atoms with E-state index >= 15 is 0 Å². The number of amides is 1. The number of nitrogens with zero attached hydrogens (tertiary/aromatic N) is 1. The van der Waals surface area contributed by atoms with Crippen LogP contribution in [0, 0.1) is 5.41 Å². The molecule has 4 atom stereocenters. The number of carbonyl (C=O) groups is 2. The molecule has 0 unspecified atom stereocenters. The number of halogens is 5. The topological polar surface area (TPSA) is 69.6 Å². The summed E-state index contributed by atoms with van der Waals surface area (Å²) in [4.78, 5) is 27.3. The predicted molar refractivity (Wildman–Crippen MR) is 133 cm³/mol. The second-order valence-electron chi connectivity index (χ2n) is 9.64. The standard InChI is InChI=1S/C26H29Cl2F3N2O3/c1-16(10-11-32-15-26(29,30)31)33-23(17-6-8-19(27)9-7-17)21(18-4-3-5-20(28)12-18)13-25(2,24(33)36)14-22(34)35/h3-9,12,16,21,23,32H,10-11,13-15H2,1-2H3,(H,34,35)/t16-,21+,23+,25+/m0/s1. The number of aliphatic carboxylic acids is 1. The first-order valence-corrected chi connectivity index (χ1v) is 12.4. The highest BCUT2D eigenvalue weighted by Gasteiger charge is 2.51. The van der Waals surface area contributed by atoms with Crippen LogP contribution in [0.15, 0.2) is 48.5 Å². The Morgan fingerprint density at radius 1 is 1.17 bits per heavy atom. The van der Waals surface area contributed by atoms with Gasteiger partial charge in [0, 0.05) is 22.0 Å². The number of hydrogen-bond donors (Lipinski definition) is 2. The zero-order valence-electron chi connectivity index (χ0n) is 20.0. The second-order valence-corrected chi connectivity index (χ2v) is 10.5. The van der Waals surface area contributed by atoms with Gasteiger partial charge in [-0.2, -0.15) is 13.2 Å². The fourth-order valence-corrected chi connectivity index (χ4v) is 5.37. The van der Waals surface area contributed by atoms with E-state index in [1.165, 1.54) is 0 Å². The fourth-order valence-electron chi connectivity index (χ4n) is 5.04. The minimum atomic E-state index is -4.34. The van der Waals surface area contributed by atoms with Gasteiger partial charge in [-0.3, -0.25) is 9.59 Å². The molecule has 10 heteroatoms. The van der Waals surface area contributed by atoms with Gasteiger partial charge in [-0.05, 0) is 61.7 Å². The van der Waals surface area contributed by atoms with Gasteiger partial charge in [0.1, 0.15) is 0 Å². The van der Waals surface area contributed by atoms with Gasteiger partial charge in [0.25, 0.3) is 0 Å². The van der Waals surface area contributed by atoms with Crippen LogP contribution in [0.2, 0.25) is 10.0 Å². The molecule has 0 aromatic heterocycles. The van der Waals surface area contributed by atoms with Crippen molar-refractivity contribution in [3.05, 3.63) is 69.7 Å². The summed E-state index contributed by atoms with van der Waals surface area (Å²) in [6, 6.07) is 13.3. The molecule has 0 radical (unpaired) electrons. The number of carboxylic acids is 1. The average Bonchev–Trinajstić information content (AvgIpc) is 2.77. The summed E-state index contributed by atoms with van der Waals surface area (Å²) in [5, 5.41) is 13.0. The zero-order valence-corrected chi connectivity index (χ0v) is 21.5. The number of hydrogen-bond acceptors (Lipinski definition) is 3. The molecule has 2 aromatic rings. The number of benzene rings is 2. The third-order valence-corrected chi connectivity index (χ3v) is 7.16. The Balaban J connectivity index is 2.06. The molecule has 5 nitrogen and oxygen atoms in total. The lowest BCUT2D eigenvalue weighted by atomic mass is 9.67. The van der Waals surface area contributed by atoms with Crippen LogP contribution < -0.4 is 5.32 Å². The van der Waals surface area contributed by atoms with Gasteiger partial charge in [-0.25, -0.2) is 0 Å². The molecule has 1 saturated heterocycles. The summed E-state index contributed by atoms with van der Waals surface area (Å²) < 4.78 is 37.8. The van der Waals surface area contributed by atoms with Gasteiger partial charge in [0.2, 0.25) is 5.91 Å². The van der Waals surface area contributed by atoms with Crippen LogP contribution in [0.5, 0.6) is 0 Å². The van der Waals surface area contributed by atoms with Gasteiger partial charge in [0.15, 0.2) is 0 Å². The Morgan fingerprint density at radius 2 is 1.83 bits per heavy atom. The van der Waals surface area contributed by atoms with Crippen LogP contribution in [0.25, 0.3) is 0 Å². The smallest absolute Gasteiger partial charge is 0.401 e. The van der Waals surface area contributed by atoms with E-state index in [1.54, 1.807) is 49.1 Å². The summed E-state index contributed by atoms with van der Waals surface area (Å²) in [5.74, 6) is -1.75. The number of piperidine rings is 1. The molecule has 1 amide bonds. The summed E-state index contributed by atoms with van der Waals surface area (Å²) >= 11 is 12.4. The molecular formula is C26H29Cl2F3N2O3. The number of likely N-dealkylation sites (tertiary alicyclic amines) is 1. The summed E-state index contributed by atoms with van der Waals surface area (Å²) in [5.41, 5.74) is 0.430. The van der Waals surface area contributed by atoms with Crippen LogP contribution in [-0.2, 0) is 9.59 Å². The van der Waals surface area contributed by atoms with E-state index in [9.17, 15) is 27.9 Å². The Hall–Kier alpha value is -2.29. The van der Waals surface area contributed by atoms with E-state index < -0.39 is 36.2 Å². The second kappa shape index (κ2) is 11.4. The quantitative estimate of drug-likeness (QED) is 0.355. The first kappa shape index (κ1) is 28.3. The van der Waals surface area contributed by atoms with Gasteiger partial charge >= 0.3 is 12.1 Å². The number of rotatable bonds is 9. The van der Waals surface area contributed by atoms with Crippen molar-refractivity contribution in [2.24, 2.45) is 5.41 Å². The molecule has 196 valence electrons. The van der Waals surface area contributed by atoms with E-state index in [1.807, 2.05) is 18.2 Å². The maximum absolute atomic E-state index is 13.9. The largest absolute Gasteiger partial charge is 0.481 e. The Labute approximate surface area is 218 Å². The highest BCUT2D eigenvalue weighted by Crippen LogP contribution is 2.52. The number of carbonyl (C=O) groups excluding carboxylic acids is 1. The minimum absolute atomic E-state index is 0.0370. The van der Waals surface area contributed by atoms with Crippen LogP contribution in [0.1, 0.15) is 56.2 Å². The molecule has 0 spiro atoms. The molecule has 1 aliphatic heterocycles. The first-order chi connectivity index (χ1) is 16.8. The average molecular weight is 545 g/mol. The highest BCUT2D eigenvalue weighted by atomic mass is 35.5. The number of alkyl halides is 3. The summed E-state index contributed by atoms with van der Waals surface area (Å²) in [7, 11) is 0. The molecule has 1 heterocycles. The van der Waals surface area contributed by atoms with Crippen molar-refractivity contribution in [3.8, 4) is 0 Å². The van der Waals surface area contributed by atoms with E-state index in [2.05, 4.69) is 5.32 Å². The van der Waals surface area contributed by atoms with Crippen molar-refractivity contribution in [2.45, 2.75) is 57.3 Å². The van der Waals surface area contributed by atoms with Crippen molar-refractivity contribution < 1.29 is 27.9 Å². The highest BCUT2D eigenvalue weighted by molar-refractivity contribution is 6.30. The molecule has 0 saturated carbocycles. The van der Waals surface area contributed by atoms with Crippen LogP contribution >= 0.6 is 23.2 Å². The van der Waals surface area contributed by atoms with E-state index in [4.69, 9.17) is 23.2 Å². The number of carboxylic acid groups (broad SMARTS) is 1. The minimum Gasteiger partial charge on any atom is -0.481 e. The Morgan fingerprint density at radius 3 is 2.42 bits per heavy atom. The predicted octanol–water partition coefficient (Wildman–Crippen LogP) is 6.46. The van der Waals surface area contributed by atoms with E-state index in [-0.39, 0.29) is 37.6 Å². The molecule has 1 fully saturated rings. The van der Waals surface area contributed by atoms with Gasteiger partial charge in [0.05, 0.1) is 24.4 Å². The molecule has 0 bridgehead atoms. The van der Waals surface area contributed by atoms with Gasteiger partial charge in [-0.1, -0.05) is 54.4 Å². The lowest BCUT2D eigenvalue weighted by molar-refractivity contribution is -0.160. The molecular weight excluding hydrogens is 516 g/mol. The first-order valence-electron chi connectivity index (χ1n) is 11.6. The molecule has 0 aliphatic carbocycles. The van der Waals surface area contributed by atoms with Crippen molar-refractivity contribution in [1.29, 1.82) is 0 Å². The Kier molecular flexibility index (Phi) is 8.96. The zero-order chi connectivity index (χ0) is 26.7. The monoisotopic (exact) mass is 544 g/mol. The summed E-state index contributed by atoms with van der Waals surface area (Å²) in [6.07, 6.45) is -4.20. The van der Waals surface area contributed by atoms with E-state index in [0.717, 1.165) is 11.1 Å². The Bertz CT molecular complexity index is 1080. The molecule has 2 N–H and O–H groups in total. The van der Waals surface area contributed by atoms with Gasteiger partial charge in [-0.15, -0.1) is 0 Å². The SMILES string of the molecule is C[C@@H](CCNCC(F)(F)F)N1C(=O)[C@@](C)(CC(=O)O)C[C@H](c2cccc(Cl)c2)[C@H]1c1ccc(Cl)cc1. The molecule has 36 heavy (non-hydrogen) atoms. The third-order valence-electron chi connectivity index (χ3n) is 6.67. The van der Waals surface area contributed by atoms with Crippen molar-refractivity contribution in [1.82, 2.24) is 10.2 Å². The molecule has 2 aromatic carbocycles. The van der Waals surface area contributed by atoms with Crippen molar-refractivity contribution in [3.63, 3.8) is 0 Å². The maximum Gasteiger partial charge on any atom is 0.401 e. The molecule has 3 rings (SSSR count). The lowest BCUT2D eigenvalue weighted by Crippen LogP contribution is -2.55. The maximum atomic E-state index is 13.9. The third kappa shape index (κ3) is 6.93. The molecule has 1 aliphatic rings. The lowest BCUT2D eigenvalue weighted by Gasteiger charge is -2.51. The van der Waals surface area contributed by atoms with Gasteiger partial charge < -0.3 is 15.3 Å². The van der Waals surface area contributed by atoms with Crippen LogP contribution in [0.3, 0.4) is 0 Å². The van der Waals surface area contributed by atoms with Crippen LogP contribution in [0.4, 0.5) is 13.2 Å². The fraction of sp³-hybridized carbons (Fsp3) is 0.462. The van der Waals surface area contributed by atoms with Crippen molar-refractivity contribution in [2.75, 3.05) is 13.1 Å².